The lowest BCUT2D eigenvalue weighted by molar-refractivity contribution is 0.0656. The van der Waals surface area contributed by atoms with Gasteiger partial charge in [-0.3, -0.25) is 4.90 Å². The van der Waals surface area contributed by atoms with E-state index in [0.29, 0.717) is 0 Å². The summed E-state index contributed by atoms with van der Waals surface area (Å²) < 4.78 is 5.35. The number of hydrogen-bond donors (Lipinski definition) is 1. The SMILES string of the molecule is CCC1CCN(C(C)c2ccc(C(=O)O)o2)C1. The molecule has 94 valence electrons. The van der Waals surface area contributed by atoms with Crippen LogP contribution in [-0.4, -0.2) is 29.1 Å². The summed E-state index contributed by atoms with van der Waals surface area (Å²) in [6.07, 6.45) is 2.44. The van der Waals surface area contributed by atoms with Crippen molar-refractivity contribution in [1.29, 1.82) is 0 Å². The maximum Gasteiger partial charge on any atom is 0.371 e. The molecule has 1 aromatic rings. The highest BCUT2D eigenvalue weighted by molar-refractivity contribution is 5.84. The Labute approximate surface area is 101 Å². The van der Waals surface area contributed by atoms with Crippen molar-refractivity contribution in [3.8, 4) is 0 Å². The van der Waals surface area contributed by atoms with E-state index in [9.17, 15) is 4.79 Å². The normalized spacial score (nSPS) is 22.8. The Hall–Kier alpha value is -1.29. The largest absolute Gasteiger partial charge is 0.475 e. The Morgan fingerprint density at radius 2 is 2.41 bits per heavy atom. The predicted molar refractivity (Wildman–Crippen MR) is 64.1 cm³/mol. The summed E-state index contributed by atoms with van der Waals surface area (Å²) in [5.74, 6) is 0.542. The molecule has 0 aromatic carbocycles. The molecule has 0 radical (unpaired) electrons. The lowest BCUT2D eigenvalue weighted by Gasteiger charge is -2.22. The Morgan fingerprint density at radius 3 is 2.94 bits per heavy atom. The fourth-order valence-electron chi connectivity index (χ4n) is 2.42. The molecule has 1 aromatic heterocycles. The number of carboxylic acid groups (broad SMARTS) is 1. The smallest absolute Gasteiger partial charge is 0.371 e. The van der Waals surface area contributed by atoms with Gasteiger partial charge in [0.2, 0.25) is 5.76 Å². The molecule has 0 spiro atoms. The fraction of sp³-hybridized carbons (Fsp3) is 0.615. The summed E-state index contributed by atoms with van der Waals surface area (Å²) in [7, 11) is 0. The molecule has 1 aliphatic rings. The molecule has 0 bridgehead atoms. The molecule has 4 heteroatoms. The average Bonchev–Trinajstić information content (AvgIpc) is 2.97. The van der Waals surface area contributed by atoms with Gasteiger partial charge in [-0.25, -0.2) is 4.79 Å². The molecule has 2 rings (SSSR count). The molecule has 0 saturated carbocycles. The number of carboxylic acids is 1. The number of nitrogens with zero attached hydrogens (tertiary/aromatic N) is 1. The van der Waals surface area contributed by atoms with E-state index in [0.717, 1.165) is 24.8 Å². The second kappa shape index (κ2) is 4.92. The van der Waals surface area contributed by atoms with Crippen molar-refractivity contribution < 1.29 is 14.3 Å². The van der Waals surface area contributed by atoms with Crippen molar-refractivity contribution in [3.63, 3.8) is 0 Å². The van der Waals surface area contributed by atoms with Gasteiger partial charge in [0.25, 0.3) is 0 Å². The van der Waals surface area contributed by atoms with Crippen molar-refractivity contribution in [3.05, 3.63) is 23.7 Å². The summed E-state index contributed by atoms with van der Waals surface area (Å²) in [5, 5.41) is 8.82. The molecule has 2 atom stereocenters. The average molecular weight is 237 g/mol. The number of carbonyl (C=O) groups is 1. The summed E-state index contributed by atoms with van der Waals surface area (Å²) in [6.45, 7) is 6.44. The molecular weight excluding hydrogens is 218 g/mol. The van der Waals surface area contributed by atoms with Gasteiger partial charge >= 0.3 is 5.97 Å². The minimum absolute atomic E-state index is 0.0260. The third-order valence-corrected chi connectivity index (χ3v) is 3.69. The monoisotopic (exact) mass is 237 g/mol. The first kappa shape index (κ1) is 12.2. The maximum atomic E-state index is 10.7. The van der Waals surface area contributed by atoms with Gasteiger partial charge in [0, 0.05) is 6.54 Å². The highest BCUT2D eigenvalue weighted by Crippen LogP contribution is 2.29. The zero-order valence-electron chi connectivity index (χ0n) is 10.3. The highest BCUT2D eigenvalue weighted by atomic mass is 16.4. The lowest BCUT2D eigenvalue weighted by atomic mass is 10.1. The third kappa shape index (κ3) is 2.52. The number of aromatic carboxylic acids is 1. The van der Waals surface area contributed by atoms with E-state index in [-0.39, 0.29) is 11.8 Å². The van der Waals surface area contributed by atoms with Crippen molar-refractivity contribution in [2.24, 2.45) is 5.92 Å². The summed E-state index contributed by atoms with van der Waals surface area (Å²) in [6, 6.07) is 3.47. The van der Waals surface area contributed by atoms with E-state index in [1.165, 1.54) is 18.9 Å². The van der Waals surface area contributed by atoms with Crippen LogP contribution in [0.15, 0.2) is 16.5 Å². The quantitative estimate of drug-likeness (QED) is 0.874. The van der Waals surface area contributed by atoms with Crippen LogP contribution in [0.4, 0.5) is 0 Å². The standard InChI is InChI=1S/C13H19NO3/c1-3-10-6-7-14(8-10)9(2)11-4-5-12(17-11)13(15)16/h4-5,9-10H,3,6-8H2,1-2H3,(H,15,16). The van der Waals surface area contributed by atoms with Crippen molar-refractivity contribution in [2.45, 2.75) is 32.7 Å². The number of likely N-dealkylation sites (tertiary alicyclic amines) is 1. The van der Waals surface area contributed by atoms with Gasteiger partial charge in [-0.05, 0) is 37.9 Å². The van der Waals surface area contributed by atoms with Crippen LogP contribution in [0.1, 0.15) is 49.0 Å². The van der Waals surface area contributed by atoms with Crippen LogP contribution in [0.2, 0.25) is 0 Å². The summed E-state index contributed by atoms with van der Waals surface area (Å²) >= 11 is 0. The Bertz CT molecular complexity index is 399. The second-order valence-corrected chi connectivity index (χ2v) is 4.74. The topological polar surface area (TPSA) is 53.7 Å². The van der Waals surface area contributed by atoms with E-state index >= 15 is 0 Å². The molecule has 1 aliphatic heterocycles. The lowest BCUT2D eigenvalue weighted by Crippen LogP contribution is -2.24. The predicted octanol–water partition coefficient (Wildman–Crippen LogP) is 2.77. The second-order valence-electron chi connectivity index (χ2n) is 4.74. The van der Waals surface area contributed by atoms with Crippen LogP contribution in [0.5, 0.6) is 0 Å². The van der Waals surface area contributed by atoms with Crippen molar-refractivity contribution >= 4 is 5.97 Å². The molecule has 1 fully saturated rings. The van der Waals surface area contributed by atoms with Crippen LogP contribution >= 0.6 is 0 Å². The number of furan rings is 1. The van der Waals surface area contributed by atoms with E-state index in [4.69, 9.17) is 9.52 Å². The Kier molecular flexibility index (Phi) is 3.52. The van der Waals surface area contributed by atoms with E-state index < -0.39 is 5.97 Å². The molecule has 2 heterocycles. The zero-order valence-corrected chi connectivity index (χ0v) is 10.3. The minimum atomic E-state index is -1.00. The van der Waals surface area contributed by atoms with E-state index in [2.05, 4.69) is 18.7 Å². The van der Waals surface area contributed by atoms with E-state index in [1.54, 1.807) is 6.07 Å². The van der Waals surface area contributed by atoms with Crippen LogP contribution in [-0.2, 0) is 0 Å². The van der Waals surface area contributed by atoms with Gasteiger partial charge < -0.3 is 9.52 Å². The number of hydrogen-bond acceptors (Lipinski definition) is 3. The minimum Gasteiger partial charge on any atom is -0.475 e. The van der Waals surface area contributed by atoms with Crippen LogP contribution in [0.25, 0.3) is 0 Å². The van der Waals surface area contributed by atoms with Gasteiger partial charge in [0.05, 0.1) is 6.04 Å². The van der Waals surface area contributed by atoms with Crippen LogP contribution in [0.3, 0.4) is 0 Å². The van der Waals surface area contributed by atoms with Crippen molar-refractivity contribution in [2.75, 3.05) is 13.1 Å². The molecule has 4 nitrogen and oxygen atoms in total. The van der Waals surface area contributed by atoms with Gasteiger partial charge in [-0.15, -0.1) is 0 Å². The fourth-order valence-corrected chi connectivity index (χ4v) is 2.42. The molecule has 17 heavy (non-hydrogen) atoms. The van der Waals surface area contributed by atoms with Gasteiger partial charge in [-0.1, -0.05) is 13.3 Å². The summed E-state index contributed by atoms with van der Waals surface area (Å²) in [5.41, 5.74) is 0. The molecular formula is C13H19NO3. The highest BCUT2D eigenvalue weighted by Gasteiger charge is 2.27. The molecule has 0 amide bonds. The van der Waals surface area contributed by atoms with Crippen molar-refractivity contribution in [1.82, 2.24) is 4.90 Å². The summed E-state index contributed by atoms with van der Waals surface area (Å²) in [4.78, 5) is 13.1. The molecule has 2 unspecified atom stereocenters. The Balaban J connectivity index is 2.04. The zero-order chi connectivity index (χ0) is 12.4. The van der Waals surface area contributed by atoms with Gasteiger partial charge in [-0.2, -0.15) is 0 Å². The van der Waals surface area contributed by atoms with Crippen LogP contribution in [0, 0.1) is 5.92 Å². The van der Waals surface area contributed by atoms with Crippen LogP contribution < -0.4 is 0 Å². The first-order valence-corrected chi connectivity index (χ1v) is 6.19. The van der Waals surface area contributed by atoms with Gasteiger partial charge in [0.1, 0.15) is 5.76 Å². The molecule has 1 saturated heterocycles. The first-order valence-electron chi connectivity index (χ1n) is 6.19. The molecule has 1 N–H and O–H groups in total. The maximum absolute atomic E-state index is 10.7. The number of rotatable bonds is 4. The first-order chi connectivity index (χ1) is 8.11. The third-order valence-electron chi connectivity index (χ3n) is 3.69. The van der Waals surface area contributed by atoms with Gasteiger partial charge in [0.15, 0.2) is 0 Å². The molecule has 0 aliphatic carbocycles. The Morgan fingerprint density at radius 1 is 1.65 bits per heavy atom. The van der Waals surface area contributed by atoms with E-state index in [1.807, 2.05) is 0 Å².